The van der Waals surface area contributed by atoms with Gasteiger partial charge in [0, 0.05) is 5.56 Å². The van der Waals surface area contributed by atoms with Crippen LogP contribution in [0.3, 0.4) is 0 Å². The minimum atomic E-state index is 0.329. The maximum Gasteiger partial charge on any atom is 0.211 e. The van der Waals surface area contributed by atoms with Crippen molar-refractivity contribution in [3.63, 3.8) is 0 Å². The molecule has 1 heterocycles. The Bertz CT molecular complexity index is 302. The summed E-state index contributed by atoms with van der Waals surface area (Å²) in [6.07, 6.45) is 2.65. The largest absolute Gasteiger partial charge is 0.289 e. The van der Waals surface area contributed by atoms with E-state index in [1.54, 1.807) is 0 Å². The van der Waals surface area contributed by atoms with Gasteiger partial charge < -0.3 is 0 Å². The average Bonchev–Trinajstić information content (AvgIpc) is 2.97. The van der Waals surface area contributed by atoms with Gasteiger partial charge in [-0.15, -0.1) is 0 Å². The smallest absolute Gasteiger partial charge is 0.211 e. The Kier molecular flexibility index (Phi) is 10.9. The molecule has 0 aliphatic carbocycles. The molecule has 1 aromatic rings. The molecule has 102 valence electrons. The van der Waals surface area contributed by atoms with Crippen LogP contribution in [0.5, 0.6) is 0 Å². The highest BCUT2D eigenvalue weighted by molar-refractivity contribution is 7.97. The molecule has 1 nitrogen and oxygen atoms in total. The maximum atomic E-state index is 11.8. The van der Waals surface area contributed by atoms with Gasteiger partial charge in [0.15, 0.2) is 5.75 Å². The molecular formula is C16H27OS+. The SMILES string of the molecule is CC.CC.O=C(C[S+]1CCCC1)c1ccccc1. The molecule has 2 rings (SSSR count). The van der Waals surface area contributed by atoms with Crippen LogP contribution >= 0.6 is 0 Å². The quantitative estimate of drug-likeness (QED) is 0.588. The third kappa shape index (κ3) is 6.25. The Morgan fingerprint density at radius 3 is 2.00 bits per heavy atom. The van der Waals surface area contributed by atoms with Gasteiger partial charge in [0.1, 0.15) is 11.5 Å². The summed E-state index contributed by atoms with van der Waals surface area (Å²) in [5.74, 6) is 3.66. The van der Waals surface area contributed by atoms with Crippen molar-refractivity contribution >= 4 is 16.7 Å². The normalized spacial score (nSPS) is 14.0. The van der Waals surface area contributed by atoms with E-state index in [1.165, 1.54) is 24.3 Å². The second-order valence-corrected chi connectivity index (χ2v) is 5.99. The standard InChI is InChI=1S/C12H15OS.2C2H6/c13-12(10-14-8-4-5-9-14)11-6-2-1-3-7-11;2*1-2/h1-3,6-7H,4-5,8-10H2;2*1-2H3/q+1;;. The Morgan fingerprint density at radius 1 is 1.00 bits per heavy atom. The highest BCUT2D eigenvalue weighted by Gasteiger charge is 2.27. The lowest BCUT2D eigenvalue weighted by molar-refractivity contribution is 0.102. The molecule has 0 aromatic heterocycles. The van der Waals surface area contributed by atoms with Crippen LogP contribution in [0.4, 0.5) is 0 Å². The highest BCUT2D eigenvalue weighted by Crippen LogP contribution is 2.15. The maximum absolute atomic E-state index is 11.8. The number of ketones is 1. The zero-order valence-corrected chi connectivity index (χ0v) is 13.1. The lowest BCUT2D eigenvalue weighted by Crippen LogP contribution is -2.17. The van der Waals surface area contributed by atoms with Crippen molar-refractivity contribution < 1.29 is 4.79 Å². The van der Waals surface area contributed by atoms with Gasteiger partial charge >= 0.3 is 0 Å². The van der Waals surface area contributed by atoms with Gasteiger partial charge in [0.2, 0.25) is 5.78 Å². The summed E-state index contributed by atoms with van der Waals surface area (Å²) < 4.78 is 0. The topological polar surface area (TPSA) is 17.1 Å². The van der Waals surface area contributed by atoms with E-state index >= 15 is 0 Å². The number of carbonyl (C=O) groups is 1. The van der Waals surface area contributed by atoms with Crippen molar-refractivity contribution in [3.05, 3.63) is 35.9 Å². The zero-order valence-electron chi connectivity index (χ0n) is 12.2. The predicted octanol–water partition coefficient (Wildman–Crippen LogP) is 4.33. The first kappa shape index (κ1) is 17.2. The third-order valence-electron chi connectivity index (χ3n) is 2.55. The van der Waals surface area contributed by atoms with E-state index in [4.69, 9.17) is 0 Å². The third-order valence-corrected chi connectivity index (χ3v) is 4.95. The molecule has 0 atom stereocenters. The molecule has 0 N–H and O–H groups in total. The molecule has 0 radical (unpaired) electrons. The Hall–Kier alpha value is -0.760. The van der Waals surface area contributed by atoms with Gasteiger partial charge in [-0.3, -0.25) is 4.79 Å². The van der Waals surface area contributed by atoms with E-state index in [0.717, 1.165) is 11.3 Å². The molecule has 1 fully saturated rings. The van der Waals surface area contributed by atoms with Crippen LogP contribution in [0.15, 0.2) is 30.3 Å². The van der Waals surface area contributed by atoms with Crippen molar-refractivity contribution in [2.45, 2.75) is 40.5 Å². The minimum absolute atomic E-state index is 0.329. The van der Waals surface area contributed by atoms with Crippen molar-refractivity contribution in [1.29, 1.82) is 0 Å². The first-order chi connectivity index (χ1) is 8.86. The summed E-state index contributed by atoms with van der Waals surface area (Å²) in [6, 6.07) is 9.66. The molecule has 1 aliphatic heterocycles. The Labute approximate surface area is 115 Å². The minimum Gasteiger partial charge on any atom is -0.289 e. The molecular weight excluding hydrogens is 240 g/mol. The van der Waals surface area contributed by atoms with Crippen LogP contribution in [-0.4, -0.2) is 23.0 Å². The van der Waals surface area contributed by atoms with Crippen molar-refractivity contribution in [3.8, 4) is 0 Å². The molecule has 1 aromatic carbocycles. The van der Waals surface area contributed by atoms with E-state index in [9.17, 15) is 4.79 Å². The van der Waals surface area contributed by atoms with Crippen molar-refractivity contribution in [2.75, 3.05) is 17.3 Å². The second kappa shape index (κ2) is 11.3. The van der Waals surface area contributed by atoms with Crippen LogP contribution in [-0.2, 0) is 10.9 Å². The summed E-state index contributed by atoms with van der Waals surface area (Å²) in [5, 5.41) is 0. The van der Waals surface area contributed by atoms with Crippen molar-refractivity contribution in [2.24, 2.45) is 0 Å². The predicted molar refractivity (Wildman–Crippen MR) is 84.7 cm³/mol. The summed E-state index contributed by atoms with van der Waals surface area (Å²) in [5.41, 5.74) is 0.881. The number of carbonyl (C=O) groups excluding carboxylic acids is 1. The molecule has 0 bridgehead atoms. The molecule has 1 saturated heterocycles. The molecule has 0 unspecified atom stereocenters. The molecule has 0 spiro atoms. The number of hydrogen-bond acceptors (Lipinski definition) is 1. The van der Waals surface area contributed by atoms with E-state index in [1.807, 2.05) is 58.0 Å². The van der Waals surface area contributed by atoms with Crippen LogP contribution in [0.1, 0.15) is 50.9 Å². The molecule has 2 heteroatoms. The number of Topliss-reactive ketones (excluding diaryl/α,β-unsaturated/α-hetero) is 1. The molecule has 1 aliphatic rings. The number of rotatable bonds is 3. The van der Waals surface area contributed by atoms with Gasteiger partial charge in [0.25, 0.3) is 0 Å². The van der Waals surface area contributed by atoms with Gasteiger partial charge in [-0.2, -0.15) is 0 Å². The fourth-order valence-electron chi connectivity index (χ4n) is 1.75. The molecule has 18 heavy (non-hydrogen) atoms. The van der Waals surface area contributed by atoms with Crippen LogP contribution in [0.2, 0.25) is 0 Å². The molecule has 0 amide bonds. The lowest BCUT2D eigenvalue weighted by atomic mass is 10.2. The van der Waals surface area contributed by atoms with Gasteiger partial charge in [-0.05, 0) is 23.7 Å². The highest BCUT2D eigenvalue weighted by atomic mass is 32.2. The molecule has 0 saturated carbocycles. The van der Waals surface area contributed by atoms with E-state index in [-0.39, 0.29) is 0 Å². The Balaban J connectivity index is 0.000000659. The van der Waals surface area contributed by atoms with Crippen molar-refractivity contribution in [1.82, 2.24) is 0 Å². The monoisotopic (exact) mass is 267 g/mol. The summed E-state index contributed by atoms with van der Waals surface area (Å²) in [7, 11) is 0.393. The lowest BCUT2D eigenvalue weighted by Gasteiger charge is -2.00. The first-order valence-electron chi connectivity index (χ1n) is 7.08. The van der Waals surface area contributed by atoms with Gasteiger partial charge in [-0.1, -0.05) is 58.0 Å². The van der Waals surface area contributed by atoms with Gasteiger partial charge in [-0.25, -0.2) is 0 Å². The first-order valence-corrected chi connectivity index (χ1v) is 8.82. The van der Waals surface area contributed by atoms with E-state index in [2.05, 4.69) is 0 Å². The zero-order chi connectivity index (χ0) is 13.8. The van der Waals surface area contributed by atoms with Gasteiger partial charge in [0.05, 0.1) is 0 Å². The fraction of sp³-hybridized carbons (Fsp3) is 0.562. The van der Waals surface area contributed by atoms with E-state index < -0.39 is 0 Å². The van der Waals surface area contributed by atoms with Crippen LogP contribution in [0.25, 0.3) is 0 Å². The Morgan fingerprint density at radius 2 is 1.50 bits per heavy atom. The second-order valence-electron chi connectivity index (χ2n) is 3.66. The average molecular weight is 267 g/mol. The summed E-state index contributed by atoms with van der Waals surface area (Å²) in [4.78, 5) is 11.8. The summed E-state index contributed by atoms with van der Waals surface area (Å²) in [6.45, 7) is 8.00. The number of hydrogen-bond donors (Lipinski definition) is 0. The van der Waals surface area contributed by atoms with E-state index in [0.29, 0.717) is 16.7 Å². The van der Waals surface area contributed by atoms with Crippen LogP contribution < -0.4 is 0 Å². The number of benzene rings is 1. The fourth-order valence-corrected chi connectivity index (χ4v) is 4.01. The van der Waals surface area contributed by atoms with Crippen LogP contribution in [0, 0.1) is 0 Å². The summed E-state index contributed by atoms with van der Waals surface area (Å²) >= 11 is 0.